The van der Waals surface area contributed by atoms with Crippen LogP contribution in [0.1, 0.15) is 17.5 Å². The number of halogens is 1. The molecule has 1 aliphatic heterocycles. The molecule has 1 amide bonds. The molecule has 0 aliphatic carbocycles. The number of aliphatic hydroxyl groups is 1. The van der Waals surface area contributed by atoms with Gasteiger partial charge < -0.3 is 24.5 Å². The van der Waals surface area contributed by atoms with Gasteiger partial charge in [-0.1, -0.05) is 72.3 Å². The highest BCUT2D eigenvalue weighted by Gasteiger charge is 2.47. The van der Waals surface area contributed by atoms with Crippen LogP contribution in [0.15, 0.2) is 90.8 Å². The minimum absolute atomic E-state index is 0.0394. The first-order valence-corrected chi connectivity index (χ1v) is 11.5. The highest BCUT2D eigenvalue weighted by molar-refractivity contribution is 6.33. The van der Waals surface area contributed by atoms with E-state index >= 15 is 0 Å². The normalized spacial score (nSPS) is 17.6. The van der Waals surface area contributed by atoms with Crippen molar-refractivity contribution in [1.29, 1.82) is 0 Å². The minimum atomic E-state index is -1.77. The molecule has 178 valence electrons. The fourth-order valence-electron chi connectivity index (χ4n) is 3.97. The summed E-state index contributed by atoms with van der Waals surface area (Å²) in [6.45, 7) is 0.615. The SMILES string of the molecule is O=C1NC(O)(CCn2cnc3ccnc(Cl)c32)C(OCc2ccccc2)=C1OCc1ccccc1. The van der Waals surface area contributed by atoms with Crippen molar-refractivity contribution in [1.82, 2.24) is 19.9 Å². The first kappa shape index (κ1) is 22.9. The quantitative estimate of drug-likeness (QED) is 0.345. The Balaban J connectivity index is 1.41. The number of pyridine rings is 1. The average Bonchev–Trinajstić information content (AvgIpc) is 3.40. The molecule has 4 aromatic rings. The molecular formula is C26H23ClN4O4. The summed E-state index contributed by atoms with van der Waals surface area (Å²) in [4.78, 5) is 21.3. The van der Waals surface area contributed by atoms with Crippen molar-refractivity contribution in [2.45, 2.75) is 31.9 Å². The second kappa shape index (κ2) is 9.77. The van der Waals surface area contributed by atoms with Gasteiger partial charge in [0.15, 0.2) is 10.9 Å². The molecular weight excluding hydrogens is 468 g/mol. The van der Waals surface area contributed by atoms with Crippen molar-refractivity contribution in [3.05, 3.63) is 107 Å². The highest BCUT2D eigenvalue weighted by Crippen LogP contribution is 2.32. The Kier molecular flexibility index (Phi) is 6.39. The number of imidazole rings is 1. The zero-order chi connectivity index (χ0) is 24.3. The number of aryl methyl sites for hydroxylation is 1. The third-order valence-electron chi connectivity index (χ3n) is 5.76. The van der Waals surface area contributed by atoms with Gasteiger partial charge in [0.1, 0.15) is 18.7 Å². The Morgan fingerprint density at radius 2 is 1.60 bits per heavy atom. The van der Waals surface area contributed by atoms with Gasteiger partial charge in [-0.25, -0.2) is 9.97 Å². The molecule has 2 aromatic carbocycles. The third-order valence-corrected chi connectivity index (χ3v) is 6.03. The molecule has 8 nitrogen and oxygen atoms in total. The summed E-state index contributed by atoms with van der Waals surface area (Å²) in [5.74, 6) is -0.528. The van der Waals surface area contributed by atoms with Crippen molar-refractivity contribution >= 4 is 28.5 Å². The second-order valence-corrected chi connectivity index (χ2v) is 8.54. The van der Waals surface area contributed by atoms with Crippen LogP contribution in [-0.2, 0) is 34.0 Å². The van der Waals surface area contributed by atoms with Gasteiger partial charge in [0.25, 0.3) is 5.91 Å². The van der Waals surface area contributed by atoms with Crippen LogP contribution >= 0.6 is 11.6 Å². The maximum Gasteiger partial charge on any atom is 0.292 e. The number of benzene rings is 2. The Morgan fingerprint density at radius 1 is 0.943 bits per heavy atom. The smallest absolute Gasteiger partial charge is 0.292 e. The van der Waals surface area contributed by atoms with Gasteiger partial charge >= 0.3 is 0 Å². The van der Waals surface area contributed by atoms with Gasteiger partial charge in [-0.3, -0.25) is 4.79 Å². The maximum absolute atomic E-state index is 12.9. The van der Waals surface area contributed by atoms with Crippen LogP contribution in [-0.4, -0.2) is 31.3 Å². The predicted octanol–water partition coefficient (Wildman–Crippen LogP) is 3.94. The van der Waals surface area contributed by atoms with Crippen LogP contribution in [0.2, 0.25) is 5.15 Å². The first-order chi connectivity index (χ1) is 17.0. The lowest BCUT2D eigenvalue weighted by Crippen LogP contribution is -2.45. The number of rotatable bonds is 9. The molecule has 1 atom stereocenters. The summed E-state index contributed by atoms with van der Waals surface area (Å²) in [5.41, 5.74) is 1.34. The number of hydrogen-bond donors (Lipinski definition) is 2. The second-order valence-electron chi connectivity index (χ2n) is 8.18. The Labute approximate surface area is 206 Å². The van der Waals surface area contributed by atoms with Crippen LogP contribution in [0.3, 0.4) is 0 Å². The highest BCUT2D eigenvalue weighted by atomic mass is 35.5. The number of carbonyl (C=O) groups excluding carboxylic acids is 1. The molecule has 0 saturated heterocycles. The zero-order valence-corrected chi connectivity index (χ0v) is 19.5. The lowest BCUT2D eigenvalue weighted by Gasteiger charge is -2.26. The predicted molar refractivity (Wildman–Crippen MR) is 130 cm³/mol. The number of ether oxygens (including phenoxy) is 2. The van der Waals surface area contributed by atoms with E-state index in [1.807, 2.05) is 60.7 Å². The van der Waals surface area contributed by atoms with Gasteiger partial charge in [-0.05, 0) is 17.2 Å². The molecule has 0 bridgehead atoms. The molecule has 2 N–H and O–H groups in total. The molecule has 9 heteroatoms. The third kappa shape index (κ3) is 4.84. The van der Waals surface area contributed by atoms with E-state index in [9.17, 15) is 9.90 Å². The Hall–Kier alpha value is -3.88. The summed E-state index contributed by atoms with van der Waals surface area (Å²) in [6, 6.07) is 20.7. The van der Waals surface area contributed by atoms with Crippen molar-refractivity contribution < 1.29 is 19.4 Å². The fraction of sp³-hybridized carbons (Fsp3) is 0.192. The number of amides is 1. The minimum Gasteiger partial charge on any atom is -0.484 e. The number of aromatic nitrogens is 3. The summed E-state index contributed by atoms with van der Waals surface area (Å²) < 4.78 is 13.7. The standard InChI is InChI=1S/C26H23ClN4O4/c27-24-21-20(11-13-28-24)29-17-31(21)14-12-26(33)23(35-16-19-9-5-2-6-10-19)22(25(32)30-26)34-15-18-7-3-1-4-8-18/h1-11,13,17,33H,12,14-16H2,(H,30,32). The zero-order valence-electron chi connectivity index (χ0n) is 18.7. The van der Waals surface area contributed by atoms with Gasteiger partial charge in [-0.15, -0.1) is 0 Å². The van der Waals surface area contributed by atoms with E-state index in [4.69, 9.17) is 21.1 Å². The van der Waals surface area contributed by atoms with E-state index in [-0.39, 0.29) is 31.2 Å². The summed E-state index contributed by atoms with van der Waals surface area (Å²) in [5, 5.41) is 14.5. The number of hydrogen-bond acceptors (Lipinski definition) is 6. The van der Waals surface area contributed by atoms with Gasteiger partial charge in [0, 0.05) is 19.2 Å². The number of nitrogens with zero attached hydrogens (tertiary/aromatic N) is 3. The van der Waals surface area contributed by atoms with Gasteiger partial charge in [0.2, 0.25) is 11.5 Å². The molecule has 35 heavy (non-hydrogen) atoms. The number of carbonyl (C=O) groups is 1. The van der Waals surface area contributed by atoms with Crippen molar-refractivity contribution in [2.75, 3.05) is 0 Å². The monoisotopic (exact) mass is 490 g/mol. The topological polar surface area (TPSA) is 98.5 Å². The largest absolute Gasteiger partial charge is 0.484 e. The van der Waals surface area contributed by atoms with E-state index in [0.717, 1.165) is 11.1 Å². The van der Waals surface area contributed by atoms with Crippen molar-refractivity contribution in [3.8, 4) is 0 Å². The van der Waals surface area contributed by atoms with E-state index < -0.39 is 11.6 Å². The van der Waals surface area contributed by atoms with E-state index in [2.05, 4.69) is 15.3 Å². The van der Waals surface area contributed by atoms with Crippen LogP contribution in [0.4, 0.5) is 0 Å². The summed E-state index contributed by atoms with van der Waals surface area (Å²) in [6.07, 6.45) is 3.30. The van der Waals surface area contributed by atoms with Crippen LogP contribution in [0.25, 0.3) is 11.0 Å². The fourth-order valence-corrected chi connectivity index (χ4v) is 4.24. The summed E-state index contributed by atoms with van der Waals surface area (Å²) in [7, 11) is 0. The maximum atomic E-state index is 12.9. The molecule has 0 saturated carbocycles. The molecule has 0 radical (unpaired) electrons. The van der Waals surface area contributed by atoms with E-state index in [1.54, 1.807) is 23.2 Å². The van der Waals surface area contributed by atoms with Gasteiger partial charge in [0.05, 0.1) is 11.8 Å². The molecule has 3 heterocycles. The molecule has 2 aromatic heterocycles. The number of nitrogens with one attached hydrogen (secondary N) is 1. The Bertz CT molecular complexity index is 1370. The van der Waals surface area contributed by atoms with Crippen molar-refractivity contribution in [2.24, 2.45) is 0 Å². The summed E-state index contributed by atoms with van der Waals surface area (Å²) >= 11 is 6.27. The molecule has 1 aliphatic rings. The molecule has 5 rings (SSSR count). The lowest BCUT2D eigenvalue weighted by atomic mass is 10.1. The lowest BCUT2D eigenvalue weighted by molar-refractivity contribution is -0.124. The van der Waals surface area contributed by atoms with Crippen molar-refractivity contribution in [3.63, 3.8) is 0 Å². The molecule has 0 spiro atoms. The average molecular weight is 491 g/mol. The van der Waals surface area contributed by atoms with Crippen LogP contribution < -0.4 is 5.32 Å². The molecule has 0 fully saturated rings. The van der Waals surface area contributed by atoms with Gasteiger partial charge in [-0.2, -0.15) is 0 Å². The molecule has 1 unspecified atom stereocenters. The first-order valence-electron chi connectivity index (χ1n) is 11.1. The van der Waals surface area contributed by atoms with E-state index in [1.165, 1.54) is 0 Å². The number of fused-ring (bicyclic) bond motifs is 1. The Morgan fingerprint density at radius 3 is 2.29 bits per heavy atom. The van der Waals surface area contributed by atoms with Crippen LogP contribution in [0, 0.1) is 0 Å². The van der Waals surface area contributed by atoms with Crippen LogP contribution in [0.5, 0.6) is 0 Å². The van der Waals surface area contributed by atoms with E-state index in [0.29, 0.717) is 22.7 Å².